The number of halogens is 1. The van der Waals surface area contributed by atoms with Crippen LogP contribution in [-0.2, 0) is 10.0 Å². The normalized spacial score (nSPS) is 13.0. The van der Waals surface area contributed by atoms with Crippen molar-refractivity contribution in [2.75, 3.05) is 14.9 Å². The minimum atomic E-state index is -4.21. The standard InChI is InChI=1S/C23H15ClN6O4S/c24-21-26-22(25-14-7-2-1-3-8-14)28-23(27-21)29-35(33,34)16-10-6-9-15(13-16)30-19(31)17-11-4-5-12-18(17)20(30)32/h1-13H,(H2,25,26,27,28,29). The third-order valence-corrected chi connectivity index (χ3v) is 6.54. The summed E-state index contributed by atoms with van der Waals surface area (Å²) >= 11 is 5.96. The number of rotatable bonds is 6. The van der Waals surface area contributed by atoms with Crippen molar-refractivity contribution < 1.29 is 18.0 Å². The molecule has 1 aliphatic rings. The van der Waals surface area contributed by atoms with Crippen molar-refractivity contribution in [3.8, 4) is 0 Å². The predicted octanol–water partition coefficient (Wildman–Crippen LogP) is 3.87. The fourth-order valence-electron chi connectivity index (χ4n) is 3.49. The number of para-hydroxylation sites is 1. The Morgan fingerprint density at radius 2 is 1.37 bits per heavy atom. The first-order valence-electron chi connectivity index (χ1n) is 10.2. The number of hydrogen-bond donors (Lipinski definition) is 2. The Labute approximate surface area is 204 Å². The van der Waals surface area contributed by atoms with Gasteiger partial charge in [0, 0.05) is 5.69 Å². The van der Waals surface area contributed by atoms with Gasteiger partial charge in [0.05, 0.1) is 21.7 Å². The molecule has 0 spiro atoms. The van der Waals surface area contributed by atoms with Gasteiger partial charge in [0.15, 0.2) is 0 Å². The number of benzene rings is 3. The summed E-state index contributed by atoms with van der Waals surface area (Å²) in [6.45, 7) is 0. The molecule has 0 fully saturated rings. The van der Waals surface area contributed by atoms with E-state index >= 15 is 0 Å². The predicted molar refractivity (Wildman–Crippen MR) is 129 cm³/mol. The summed E-state index contributed by atoms with van der Waals surface area (Å²) in [5, 5.41) is 2.69. The maximum atomic E-state index is 13.1. The molecule has 0 bridgehead atoms. The molecule has 174 valence electrons. The van der Waals surface area contributed by atoms with E-state index in [0.717, 1.165) is 4.90 Å². The number of sulfonamides is 1. The zero-order valence-electron chi connectivity index (χ0n) is 17.7. The Balaban J connectivity index is 1.42. The second-order valence-corrected chi connectivity index (χ2v) is 9.36. The molecule has 10 nitrogen and oxygen atoms in total. The first-order chi connectivity index (χ1) is 16.8. The van der Waals surface area contributed by atoms with Crippen LogP contribution in [0.2, 0.25) is 5.28 Å². The summed E-state index contributed by atoms with van der Waals surface area (Å²) < 4.78 is 28.4. The number of amides is 2. The van der Waals surface area contributed by atoms with Gasteiger partial charge in [-0.15, -0.1) is 0 Å². The lowest BCUT2D eigenvalue weighted by Crippen LogP contribution is -2.29. The third kappa shape index (κ3) is 4.42. The van der Waals surface area contributed by atoms with Gasteiger partial charge in [-0.1, -0.05) is 36.4 Å². The van der Waals surface area contributed by atoms with E-state index in [4.69, 9.17) is 11.6 Å². The maximum Gasteiger partial charge on any atom is 0.266 e. The molecule has 0 atom stereocenters. The van der Waals surface area contributed by atoms with Crippen molar-refractivity contribution >= 4 is 56.7 Å². The highest BCUT2D eigenvalue weighted by atomic mass is 35.5. The average Bonchev–Trinajstić information content (AvgIpc) is 3.09. The largest absolute Gasteiger partial charge is 0.324 e. The Hall–Kier alpha value is -4.35. The van der Waals surface area contributed by atoms with E-state index in [1.165, 1.54) is 24.3 Å². The monoisotopic (exact) mass is 506 g/mol. The van der Waals surface area contributed by atoms with Gasteiger partial charge in [0.2, 0.25) is 17.2 Å². The van der Waals surface area contributed by atoms with Crippen LogP contribution in [0.15, 0.2) is 83.8 Å². The van der Waals surface area contributed by atoms with Crippen molar-refractivity contribution in [2.24, 2.45) is 0 Å². The van der Waals surface area contributed by atoms with E-state index in [1.54, 1.807) is 48.5 Å². The SMILES string of the molecule is O=C1c2ccccc2C(=O)N1c1cccc(S(=O)(=O)Nc2nc(Cl)nc(Nc3ccccc3)n2)c1. The van der Waals surface area contributed by atoms with Crippen LogP contribution >= 0.6 is 11.6 Å². The lowest BCUT2D eigenvalue weighted by atomic mass is 10.1. The smallest absolute Gasteiger partial charge is 0.266 e. The van der Waals surface area contributed by atoms with Crippen molar-refractivity contribution in [1.29, 1.82) is 0 Å². The first kappa shape index (κ1) is 22.4. The van der Waals surface area contributed by atoms with E-state index in [9.17, 15) is 18.0 Å². The molecule has 5 rings (SSSR count). The summed E-state index contributed by atoms with van der Waals surface area (Å²) in [5.41, 5.74) is 1.28. The maximum absolute atomic E-state index is 13.1. The highest BCUT2D eigenvalue weighted by Gasteiger charge is 2.36. The Morgan fingerprint density at radius 1 is 0.743 bits per heavy atom. The van der Waals surface area contributed by atoms with Crippen LogP contribution in [0.5, 0.6) is 0 Å². The average molecular weight is 507 g/mol. The van der Waals surface area contributed by atoms with Crippen LogP contribution in [0.4, 0.5) is 23.3 Å². The fourth-order valence-corrected chi connectivity index (χ4v) is 4.64. The molecule has 1 aliphatic heterocycles. The lowest BCUT2D eigenvalue weighted by molar-refractivity contribution is 0.0926. The number of carbonyl (C=O) groups is 2. The van der Waals surface area contributed by atoms with Crippen molar-refractivity contribution in [3.05, 3.63) is 95.3 Å². The Bertz CT molecular complexity index is 1550. The molecule has 3 aromatic carbocycles. The van der Waals surface area contributed by atoms with Crippen molar-refractivity contribution in [1.82, 2.24) is 15.0 Å². The molecule has 1 aromatic heterocycles. The third-order valence-electron chi connectivity index (χ3n) is 5.04. The molecule has 2 N–H and O–H groups in total. The van der Waals surface area contributed by atoms with E-state index in [0.29, 0.717) is 5.69 Å². The molecule has 4 aromatic rings. The highest BCUT2D eigenvalue weighted by molar-refractivity contribution is 7.92. The number of aromatic nitrogens is 3. The number of fused-ring (bicyclic) bond motifs is 1. The van der Waals surface area contributed by atoms with Crippen molar-refractivity contribution in [3.63, 3.8) is 0 Å². The molecule has 0 unspecified atom stereocenters. The van der Waals surface area contributed by atoms with E-state index in [-0.39, 0.29) is 38.9 Å². The Morgan fingerprint density at radius 3 is 2.06 bits per heavy atom. The molecule has 2 heterocycles. The quantitative estimate of drug-likeness (QED) is 0.376. The zero-order valence-corrected chi connectivity index (χ0v) is 19.3. The molecular weight excluding hydrogens is 492 g/mol. The summed E-state index contributed by atoms with van der Waals surface area (Å²) in [7, 11) is -4.21. The highest BCUT2D eigenvalue weighted by Crippen LogP contribution is 2.30. The van der Waals surface area contributed by atoms with Gasteiger partial charge in [-0.3, -0.25) is 9.59 Å². The van der Waals surface area contributed by atoms with E-state index in [1.807, 2.05) is 6.07 Å². The van der Waals surface area contributed by atoms with Crippen LogP contribution in [0.1, 0.15) is 20.7 Å². The minimum absolute atomic E-state index is 0.0358. The summed E-state index contributed by atoms with van der Waals surface area (Å²) in [5.74, 6) is -1.34. The molecule has 12 heteroatoms. The Kier molecular flexibility index (Phi) is 5.63. The molecule has 35 heavy (non-hydrogen) atoms. The number of hydrogen-bond acceptors (Lipinski definition) is 8. The van der Waals surface area contributed by atoms with Gasteiger partial charge in [0.1, 0.15) is 0 Å². The fraction of sp³-hybridized carbons (Fsp3) is 0. The summed E-state index contributed by atoms with van der Waals surface area (Å²) in [4.78, 5) is 38.1. The first-order valence-corrected chi connectivity index (χ1v) is 12.0. The van der Waals surface area contributed by atoms with E-state index in [2.05, 4.69) is 25.0 Å². The van der Waals surface area contributed by atoms with Gasteiger partial charge in [-0.05, 0) is 54.1 Å². The van der Waals surface area contributed by atoms with Crippen LogP contribution in [0, 0.1) is 0 Å². The number of carbonyl (C=O) groups excluding carboxylic acids is 2. The van der Waals surface area contributed by atoms with Crippen LogP contribution in [0.3, 0.4) is 0 Å². The lowest BCUT2D eigenvalue weighted by Gasteiger charge is -2.15. The molecule has 2 amide bonds. The zero-order chi connectivity index (χ0) is 24.6. The molecular formula is C23H15ClN6O4S. The molecule has 0 saturated carbocycles. The van der Waals surface area contributed by atoms with Crippen LogP contribution in [-0.4, -0.2) is 35.2 Å². The van der Waals surface area contributed by atoms with Gasteiger partial charge >= 0.3 is 0 Å². The van der Waals surface area contributed by atoms with Crippen LogP contribution in [0.25, 0.3) is 0 Å². The van der Waals surface area contributed by atoms with Crippen LogP contribution < -0.4 is 14.9 Å². The second-order valence-electron chi connectivity index (χ2n) is 7.34. The van der Waals surface area contributed by atoms with Crippen molar-refractivity contribution in [2.45, 2.75) is 4.90 Å². The topological polar surface area (TPSA) is 134 Å². The molecule has 0 aliphatic carbocycles. The van der Waals surface area contributed by atoms with Gasteiger partial charge in [-0.2, -0.15) is 15.0 Å². The van der Waals surface area contributed by atoms with Gasteiger partial charge < -0.3 is 5.32 Å². The number of nitrogens with one attached hydrogen (secondary N) is 2. The second kappa shape index (κ2) is 8.78. The number of imide groups is 1. The number of nitrogens with zero attached hydrogens (tertiary/aromatic N) is 4. The van der Waals surface area contributed by atoms with E-state index < -0.39 is 21.8 Å². The molecule has 0 radical (unpaired) electrons. The summed E-state index contributed by atoms with van der Waals surface area (Å²) in [6.07, 6.45) is 0. The molecule has 0 saturated heterocycles. The number of anilines is 4. The summed E-state index contributed by atoms with van der Waals surface area (Å²) in [6, 6.07) is 20.8. The van der Waals surface area contributed by atoms with Gasteiger partial charge in [-0.25, -0.2) is 18.0 Å². The van der Waals surface area contributed by atoms with Gasteiger partial charge in [0.25, 0.3) is 21.8 Å². The minimum Gasteiger partial charge on any atom is -0.324 e.